The Labute approximate surface area is 122 Å². The molecule has 4 heteroatoms. The number of aromatic nitrogens is 3. The summed E-state index contributed by atoms with van der Waals surface area (Å²) in [7, 11) is 0. The Morgan fingerprint density at radius 1 is 0.857 bits per heavy atom. The summed E-state index contributed by atoms with van der Waals surface area (Å²) < 4.78 is 1.93. The molecular formula is C17H14N4. The quantitative estimate of drug-likeness (QED) is 0.781. The zero-order valence-electron chi connectivity index (χ0n) is 11.3. The summed E-state index contributed by atoms with van der Waals surface area (Å²) in [5.41, 5.74) is 1.83. The molecule has 0 saturated carbocycles. The lowest BCUT2D eigenvalue weighted by Crippen LogP contribution is -2.38. The van der Waals surface area contributed by atoms with Crippen molar-refractivity contribution in [3.63, 3.8) is 0 Å². The number of nitrogens with zero attached hydrogens (tertiary/aromatic N) is 3. The Morgan fingerprint density at radius 3 is 2.10 bits per heavy atom. The monoisotopic (exact) mass is 274 g/mol. The number of rotatable bonds is 2. The van der Waals surface area contributed by atoms with Crippen LogP contribution in [-0.4, -0.2) is 14.8 Å². The molecule has 1 aliphatic rings. The summed E-state index contributed by atoms with van der Waals surface area (Å²) in [4.78, 5) is 4.29. The van der Waals surface area contributed by atoms with Crippen molar-refractivity contribution in [3.05, 3.63) is 90.4 Å². The number of hydrogen-bond donors (Lipinski definition) is 1. The van der Waals surface area contributed by atoms with Crippen LogP contribution in [-0.2, 0) is 5.54 Å². The first kappa shape index (κ1) is 11.9. The highest BCUT2D eigenvalue weighted by molar-refractivity contribution is 5.51. The molecule has 4 rings (SSSR count). The minimum atomic E-state index is -0.473. The Hall–Kier alpha value is -2.88. The van der Waals surface area contributed by atoms with Crippen molar-refractivity contribution < 1.29 is 0 Å². The third kappa shape index (κ3) is 1.69. The summed E-state index contributed by atoms with van der Waals surface area (Å²) in [5, 5.41) is 7.60. The molecule has 0 aliphatic carbocycles. The smallest absolute Gasteiger partial charge is 0.226 e. The van der Waals surface area contributed by atoms with Crippen molar-refractivity contribution in [1.29, 1.82) is 0 Å². The van der Waals surface area contributed by atoms with Gasteiger partial charge < -0.3 is 5.32 Å². The fourth-order valence-corrected chi connectivity index (χ4v) is 2.89. The van der Waals surface area contributed by atoms with Gasteiger partial charge in [0, 0.05) is 6.20 Å². The SMILES string of the molecule is C1=CC(c2ccccc2)(c2ccccc2)n2ncnc2N1. The van der Waals surface area contributed by atoms with Crippen LogP contribution in [0, 0.1) is 0 Å². The first-order valence-corrected chi connectivity index (χ1v) is 6.87. The van der Waals surface area contributed by atoms with E-state index >= 15 is 0 Å². The first-order chi connectivity index (χ1) is 10.4. The largest absolute Gasteiger partial charge is 0.331 e. The molecule has 1 N–H and O–H groups in total. The molecule has 0 saturated heterocycles. The van der Waals surface area contributed by atoms with Gasteiger partial charge in [-0.1, -0.05) is 60.7 Å². The van der Waals surface area contributed by atoms with Crippen LogP contribution in [0.4, 0.5) is 5.95 Å². The van der Waals surface area contributed by atoms with Gasteiger partial charge in [-0.25, -0.2) is 4.68 Å². The van der Waals surface area contributed by atoms with E-state index in [-0.39, 0.29) is 0 Å². The van der Waals surface area contributed by atoms with Crippen LogP contribution in [0.15, 0.2) is 79.3 Å². The molecule has 0 unspecified atom stereocenters. The second kappa shape index (κ2) is 4.59. The van der Waals surface area contributed by atoms with E-state index in [1.165, 1.54) is 0 Å². The van der Waals surface area contributed by atoms with Crippen molar-refractivity contribution in [2.45, 2.75) is 5.54 Å². The van der Waals surface area contributed by atoms with Crippen LogP contribution in [0.3, 0.4) is 0 Å². The lowest BCUT2D eigenvalue weighted by molar-refractivity contribution is 0.475. The molecule has 2 heterocycles. The first-order valence-electron chi connectivity index (χ1n) is 6.87. The maximum absolute atomic E-state index is 4.45. The number of nitrogens with one attached hydrogen (secondary N) is 1. The summed E-state index contributed by atoms with van der Waals surface area (Å²) in [6.45, 7) is 0. The predicted octanol–water partition coefficient (Wildman–Crippen LogP) is 3.01. The fourth-order valence-electron chi connectivity index (χ4n) is 2.89. The van der Waals surface area contributed by atoms with Gasteiger partial charge in [-0.3, -0.25) is 0 Å². The molecule has 0 atom stereocenters. The summed E-state index contributed by atoms with van der Waals surface area (Å²) in [6, 6.07) is 20.7. The molecule has 1 aromatic heterocycles. The van der Waals surface area contributed by atoms with E-state index in [9.17, 15) is 0 Å². The van der Waals surface area contributed by atoms with Gasteiger partial charge in [-0.2, -0.15) is 10.1 Å². The van der Waals surface area contributed by atoms with E-state index in [4.69, 9.17) is 0 Å². The van der Waals surface area contributed by atoms with E-state index in [2.05, 4.69) is 45.7 Å². The van der Waals surface area contributed by atoms with Gasteiger partial charge in [0.2, 0.25) is 5.95 Å². The van der Waals surface area contributed by atoms with Crippen LogP contribution < -0.4 is 5.32 Å². The maximum Gasteiger partial charge on any atom is 0.226 e. The lowest BCUT2D eigenvalue weighted by Gasteiger charge is -2.35. The van der Waals surface area contributed by atoms with Crippen LogP contribution in [0.25, 0.3) is 0 Å². The molecule has 102 valence electrons. The zero-order chi connectivity index (χ0) is 14.1. The molecular weight excluding hydrogens is 260 g/mol. The standard InChI is InChI=1S/C17H14N4/c1-3-7-14(8-4-1)17(15-9-5-2-6-10-15)11-12-18-16-19-13-20-21(16)17/h1-13H,(H,18,19,20). The molecule has 21 heavy (non-hydrogen) atoms. The molecule has 0 bridgehead atoms. The highest BCUT2D eigenvalue weighted by atomic mass is 15.4. The van der Waals surface area contributed by atoms with Gasteiger partial charge in [0.1, 0.15) is 11.9 Å². The van der Waals surface area contributed by atoms with E-state index in [0.29, 0.717) is 0 Å². The second-order valence-electron chi connectivity index (χ2n) is 4.97. The molecule has 0 radical (unpaired) electrons. The minimum Gasteiger partial charge on any atom is -0.331 e. The van der Waals surface area contributed by atoms with Gasteiger partial charge in [0.25, 0.3) is 0 Å². The Kier molecular flexibility index (Phi) is 2.60. The normalized spacial score (nSPS) is 15.2. The lowest BCUT2D eigenvalue weighted by atomic mass is 9.82. The topological polar surface area (TPSA) is 42.7 Å². The fraction of sp³-hybridized carbons (Fsp3) is 0.0588. The van der Waals surface area contributed by atoms with Gasteiger partial charge in [-0.15, -0.1) is 0 Å². The maximum atomic E-state index is 4.45. The van der Waals surface area contributed by atoms with Crippen molar-refractivity contribution in [2.75, 3.05) is 5.32 Å². The van der Waals surface area contributed by atoms with Crippen molar-refractivity contribution >= 4 is 5.95 Å². The average molecular weight is 274 g/mol. The zero-order valence-corrected chi connectivity index (χ0v) is 11.3. The average Bonchev–Trinajstić information content (AvgIpc) is 3.05. The Balaban J connectivity index is 2.05. The molecule has 3 aromatic rings. The van der Waals surface area contributed by atoms with Crippen molar-refractivity contribution in [1.82, 2.24) is 14.8 Å². The molecule has 0 fully saturated rings. The molecule has 4 nitrogen and oxygen atoms in total. The molecule has 0 amide bonds. The van der Waals surface area contributed by atoms with E-state index in [1.807, 2.05) is 47.3 Å². The van der Waals surface area contributed by atoms with Gasteiger partial charge in [0.05, 0.1) is 0 Å². The highest BCUT2D eigenvalue weighted by Crippen LogP contribution is 2.38. The second-order valence-corrected chi connectivity index (χ2v) is 4.97. The summed E-state index contributed by atoms with van der Waals surface area (Å²) in [6.07, 6.45) is 5.64. The highest BCUT2D eigenvalue weighted by Gasteiger charge is 2.38. The molecule has 0 spiro atoms. The van der Waals surface area contributed by atoms with Gasteiger partial charge in [-0.05, 0) is 17.2 Å². The number of allylic oxidation sites excluding steroid dienone is 1. The molecule has 2 aromatic carbocycles. The van der Waals surface area contributed by atoms with E-state index in [1.54, 1.807) is 6.33 Å². The third-order valence-corrected chi connectivity index (χ3v) is 3.85. The summed E-state index contributed by atoms with van der Waals surface area (Å²) >= 11 is 0. The number of benzene rings is 2. The number of hydrogen-bond acceptors (Lipinski definition) is 3. The van der Waals surface area contributed by atoms with Gasteiger partial charge >= 0.3 is 0 Å². The predicted molar refractivity (Wildman–Crippen MR) is 81.8 cm³/mol. The van der Waals surface area contributed by atoms with Crippen LogP contribution >= 0.6 is 0 Å². The van der Waals surface area contributed by atoms with E-state index in [0.717, 1.165) is 17.1 Å². The summed E-state index contributed by atoms with van der Waals surface area (Å²) in [5.74, 6) is 0.741. The van der Waals surface area contributed by atoms with Gasteiger partial charge in [0.15, 0.2) is 0 Å². The van der Waals surface area contributed by atoms with Crippen LogP contribution in [0.2, 0.25) is 0 Å². The Bertz CT molecular complexity index is 735. The van der Waals surface area contributed by atoms with Crippen molar-refractivity contribution in [2.24, 2.45) is 0 Å². The van der Waals surface area contributed by atoms with Crippen LogP contribution in [0.1, 0.15) is 11.1 Å². The Morgan fingerprint density at radius 2 is 1.48 bits per heavy atom. The third-order valence-electron chi connectivity index (χ3n) is 3.85. The molecule has 1 aliphatic heterocycles. The number of anilines is 1. The number of fused-ring (bicyclic) bond motifs is 1. The van der Waals surface area contributed by atoms with Crippen molar-refractivity contribution in [3.8, 4) is 0 Å². The van der Waals surface area contributed by atoms with Crippen LogP contribution in [0.5, 0.6) is 0 Å². The minimum absolute atomic E-state index is 0.473. The van der Waals surface area contributed by atoms with E-state index < -0.39 is 5.54 Å².